The van der Waals surface area contributed by atoms with Gasteiger partial charge in [-0.1, -0.05) is 53.5 Å². The van der Waals surface area contributed by atoms with Crippen molar-refractivity contribution in [2.24, 2.45) is 0 Å². The largest absolute Gasteiger partial charge is 0.394 e. The van der Waals surface area contributed by atoms with Crippen LogP contribution in [0.3, 0.4) is 0 Å². The molecule has 0 radical (unpaired) electrons. The quantitative estimate of drug-likeness (QED) is 0.883. The number of rotatable bonds is 4. The first-order chi connectivity index (χ1) is 8.72. The van der Waals surface area contributed by atoms with Gasteiger partial charge in [0.25, 0.3) is 0 Å². The summed E-state index contributed by atoms with van der Waals surface area (Å²) in [5.74, 6) is 0. The predicted octanol–water partition coefficient (Wildman–Crippen LogP) is 4.14. The van der Waals surface area contributed by atoms with Crippen LogP contribution in [0.25, 0.3) is 0 Å². The van der Waals surface area contributed by atoms with Crippen LogP contribution in [0.15, 0.2) is 48.5 Å². The zero-order chi connectivity index (χ0) is 13.0. The van der Waals surface area contributed by atoms with Crippen LogP contribution in [0.4, 0.5) is 5.69 Å². The van der Waals surface area contributed by atoms with Gasteiger partial charge in [-0.2, -0.15) is 0 Å². The maximum atomic E-state index is 9.49. The van der Waals surface area contributed by atoms with E-state index in [9.17, 15) is 5.11 Å². The average molecular weight is 282 g/mol. The van der Waals surface area contributed by atoms with E-state index in [1.807, 2.05) is 36.4 Å². The fourth-order valence-corrected chi connectivity index (χ4v) is 2.20. The molecule has 0 bridgehead atoms. The molecule has 0 saturated heterocycles. The molecule has 0 aliphatic carbocycles. The van der Waals surface area contributed by atoms with Crippen LogP contribution >= 0.6 is 23.2 Å². The van der Waals surface area contributed by atoms with Crippen molar-refractivity contribution in [1.29, 1.82) is 0 Å². The first-order valence-electron chi connectivity index (χ1n) is 5.58. The lowest BCUT2D eigenvalue weighted by molar-refractivity contribution is 0.276. The maximum Gasteiger partial charge on any atom is 0.0759 e. The van der Waals surface area contributed by atoms with Crippen LogP contribution in [0.5, 0.6) is 0 Å². The summed E-state index contributed by atoms with van der Waals surface area (Å²) in [6, 6.07) is 14.5. The number of hydrogen-bond donors (Lipinski definition) is 2. The smallest absolute Gasteiger partial charge is 0.0759 e. The lowest BCUT2D eigenvalue weighted by Crippen LogP contribution is -2.15. The van der Waals surface area contributed by atoms with Crippen molar-refractivity contribution in [3.63, 3.8) is 0 Å². The summed E-state index contributed by atoms with van der Waals surface area (Å²) in [5, 5.41) is 13.9. The summed E-state index contributed by atoms with van der Waals surface area (Å²) in [6.45, 7) is -0.0606. The molecule has 0 aliphatic heterocycles. The lowest BCUT2D eigenvalue weighted by Gasteiger charge is -2.19. The van der Waals surface area contributed by atoms with Gasteiger partial charge >= 0.3 is 0 Å². The Morgan fingerprint density at radius 2 is 1.56 bits per heavy atom. The van der Waals surface area contributed by atoms with Gasteiger partial charge < -0.3 is 10.4 Å². The van der Waals surface area contributed by atoms with Crippen molar-refractivity contribution < 1.29 is 5.11 Å². The highest BCUT2D eigenvalue weighted by Crippen LogP contribution is 2.29. The van der Waals surface area contributed by atoms with Crippen molar-refractivity contribution in [3.8, 4) is 0 Å². The molecule has 2 N–H and O–H groups in total. The van der Waals surface area contributed by atoms with E-state index < -0.39 is 0 Å². The number of aliphatic hydroxyl groups is 1. The maximum absolute atomic E-state index is 9.49. The van der Waals surface area contributed by atoms with Crippen LogP contribution in [-0.2, 0) is 0 Å². The van der Waals surface area contributed by atoms with Gasteiger partial charge in [0, 0.05) is 5.02 Å². The van der Waals surface area contributed by atoms with Gasteiger partial charge in [-0.25, -0.2) is 0 Å². The van der Waals surface area contributed by atoms with Crippen molar-refractivity contribution in [3.05, 3.63) is 64.1 Å². The number of aliphatic hydroxyl groups excluding tert-OH is 1. The number of anilines is 1. The molecule has 0 spiro atoms. The number of nitrogens with one attached hydrogen (secondary N) is 1. The molecule has 0 aromatic heterocycles. The standard InChI is InChI=1S/C14H13Cl2NO/c15-11-6-2-1-5-10(11)14(9-18)17-13-8-4-3-7-12(13)16/h1-8,14,17-18H,9H2. The Kier molecular flexibility index (Phi) is 4.48. The molecule has 94 valence electrons. The number of benzene rings is 2. The molecule has 0 heterocycles. The second-order valence-corrected chi connectivity index (χ2v) is 4.70. The molecule has 0 amide bonds. The minimum absolute atomic E-state index is 0.0606. The minimum Gasteiger partial charge on any atom is -0.394 e. The normalized spacial score (nSPS) is 12.2. The topological polar surface area (TPSA) is 32.3 Å². The summed E-state index contributed by atoms with van der Waals surface area (Å²) in [6.07, 6.45) is 0. The Morgan fingerprint density at radius 1 is 0.944 bits per heavy atom. The van der Waals surface area contributed by atoms with Gasteiger partial charge in [0.05, 0.1) is 23.4 Å². The lowest BCUT2D eigenvalue weighted by atomic mass is 10.1. The first-order valence-corrected chi connectivity index (χ1v) is 6.34. The predicted molar refractivity (Wildman–Crippen MR) is 76.4 cm³/mol. The van der Waals surface area contributed by atoms with Crippen LogP contribution in [0, 0.1) is 0 Å². The minimum atomic E-state index is -0.279. The summed E-state index contributed by atoms with van der Waals surface area (Å²) in [7, 11) is 0. The van der Waals surface area contributed by atoms with Gasteiger partial charge in [-0.15, -0.1) is 0 Å². The van der Waals surface area contributed by atoms with E-state index in [4.69, 9.17) is 23.2 Å². The molecular weight excluding hydrogens is 269 g/mol. The third-order valence-electron chi connectivity index (χ3n) is 2.67. The van der Waals surface area contributed by atoms with Gasteiger partial charge in [0.15, 0.2) is 0 Å². The molecular formula is C14H13Cl2NO. The summed E-state index contributed by atoms with van der Waals surface area (Å²) >= 11 is 12.2. The van der Waals surface area contributed by atoms with E-state index in [0.717, 1.165) is 11.3 Å². The van der Waals surface area contributed by atoms with E-state index in [1.54, 1.807) is 12.1 Å². The van der Waals surface area contributed by atoms with E-state index in [0.29, 0.717) is 10.0 Å². The Morgan fingerprint density at radius 3 is 2.17 bits per heavy atom. The molecule has 4 heteroatoms. The highest BCUT2D eigenvalue weighted by molar-refractivity contribution is 6.33. The number of para-hydroxylation sites is 1. The molecule has 0 aliphatic rings. The zero-order valence-corrected chi connectivity index (χ0v) is 11.1. The van der Waals surface area contributed by atoms with Crippen LogP contribution < -0.4 is 5.32 Å². The third-order valence-corrected chi connectivity index (χ3v) is 3.34. The molecule has 2 nitrogen and oxygen atoms in total. The van der Waals surface area contributed by atoms with Crippen molar-refractivity contribution in [2.75, 3.05) is 11.9 Å². The summed E-state index contributed by atoms with van der Waals surface area (Å²) in [4.78, 5) is 0. The molecule has 2 aromatic carbocycles. The summed E-state index contributed by atoms with van der Waals surface area (Å²) in [5.41, 5.74) is 1.62. The third kappa shape index (κ3) is 2.96. The molecule has 0 saturated carbocycles. The zero-order valence-electron chi connectivity index (χ0n) is 9.61. The van der Waals surface area contributed by atoms with Crippen LogP contribution in [0.2, 0.25) is 10.0 Å². The second-order valence-electron chi connectivity index (χ2n) is 3.88. The van der Waals surface area contributed by atoms with Crippen LogP contribution in [-0.4, -0.2) is 11.7 Å². The second kappa shape index (κ2) is 6.10. The fourth-order valence-electron chi connectivity index (χ4n) is 1.75. The highest BCUT2D eigenvalue weighted by atomic mass is 35.5. The average Bonchev–Trinajstić information content (AvgIpc) is 2.39. The van der Waals surface area contributed by atoms with Crippen molar-refractivity contribution in [1.82, 2.24) is 0 Å². The van der Waals surface area contributed by atoms with E-state index in [2.05, 4.69) is 5.32 Å². The van der Waals surface area contributed by atoms with Crippen molar-refractivity contribution in [2.45, 2.75) is 6.04 Å². The molecule has 2 rings (SSSR count). The van der Waals surface area contributed by atoms with E-state index >= 15 is 0 Å². The fraction of sp³-hybridized carbons (Fsp3) is 0.143. The Labute approximate surface area is 116 Å². The molecule has 18 heavy (non-hydrogen) atoms. The molecule has 1 unspecified atom stereocenters. The Balaban J connectivity index is 2.26. The Bertz CT molecular complexity index is 531. The number of hydrogen-bond acceptors (Lipinski definition) is 2. The van der Waals surface area contributed by atoms with Gasteiger partial charge in [-0.05, 0) is 23.8 Å². The van der Waals surface area contributed by atoms with E-state index in [1.165, 1.54) is 0 Å². The van der Waals surface area contributed by atoms with Gasteiger partial charge in [0.2, 0.25) is 0 Å². The monoisotopic (exact) mass is 281 g/mol. The highest BCUT2D eigenvalue weighted by Gasteiger charge is 2.14. The Hall–Kier alpha value is -1.22. The van der Waals surface area contributed by atoms with Gasteiger partial charge in [0.1, 0.15) is 0 Å². The molecule has 1 atom stereocenters. The van der Waals surface area contributed by atoms with Crippen molar-refractivity contribution >= 4 is 28.9 Å². The molecule has 0 fully saturated rings. The van der Waals surface area contributed by atoms with E-state index in [-0.39, 0.29) is 12.6 Å². The first kappa shape index (κ1) is 13.2. The van der Waals surface area contributed by atoms with Gasteiger partial charge in [-0.3, -0.25) is 0 Å². The molecule has 2 aromatic rings. The van der Waals surface area contributed by atoms with Crippen LogP contribution in [0.1, 0.15) is 11.6 Å². The SMILES string of the molecule is OCC(Nc1ccccc1Cl)c1ccccc1Cl. The number of halogens is 2. The summed E-state index contributed by atoms with van der Waals surface area (Å²) < 4.78 is 0.